The van der Waals surface area contributed by atoms with Gasteiger partial charge in [0.2, 0.25) is 0 Å². The smallest absolute Gasteiger partial charge is 0.430 e. The van der Waals surface area contributed by atoms with Crippen LogP contribution in [0.2, 0.25) is 0 Å². The SMILES string of the molecule is CCCCC1CCC(c2ccc(/C=C/c3ccc(OC(F)(F)C(F)C(F)(F)F)cc3)c(F)c2)CC1. The highest BCUT2D eigenvalue weighted by Gasteiger charge is 2.59. The van der Waals surface area contributed by atoms with E-state index in [1.54, 1.807) is 12.1 Å². The van der Waals surface area contributed by atoms with Gasteiger partial charge in [-0.05, 0) is 66.8 Å². The van der Waals surface area contributed by atoms with Crippen LogP contribution in [0.25, 0.3) is 12.2 Å². The van der Waals surface area contributed by atoms with Crippen LogP contribution in [0.5, 0.6) is 5.75 Å². The minimum atomic E-state index is -5.75. The predicted octanol–water partition coefficient (Wildman–Crippen LogP) is 9.33. The van der Waals surface area contributed by atoms with Gasteiger partial charge < -0.3 is 4.74 Å². The van der Waals surface area contributed by atoms with E-state index in [9.17, 15) is 30.7 Å². The first kappa shape index (κ1) is 27.1. The van der Waals surface area contributed by atoms with E-state index in [1.165, 1.54) is 56.4 Å². The summed E-state index contributed by atoms with van der Waals surface area (Å²) in [5.41, 5.74) is 1.81. The standard InChI is InChI=1S/C27H29F7O/c1-2-3-4-18-5-10-20(11-6-18)22-14-13-21(24(28)17-22)12-7-19-8-15-23(16-9-19)35-27(33,34)25(29)26(30,31)32/h7-9,12-18,20,25H,2-6,10-11H2,1H3/b12-7+. The lowest BCUT2D eigenvalue weighted by molar-refractivity contribution is -0.304. The predicted molar refractivity (Wildman–Crippen MR) is 123 cm³/mol. The molecule has 2 aromatic carbocycles. The van der Waals surface area contributed by atoms with Crippen molar-refractivity contribution in [2.45, 2.75) is 76.2 Å². The molecule has 35 heavy (non-hydrogen) atoms. The second kappa shape index (κ2) is 11.5. The Morgan fingerprint density at radius 1 is 0.943 bits per heavy atom. The Bertz CT molecular complexity index is 974. The van der Waals surface area contributed by atoms with Gasteiger partial charge in [-0.2, -0.15) is 22.0 Å². The molecule has 3 rings (SSSR count). The van der Waals surface area contributed by atoms with Crippen LogP contribution in [0.1, 0.15) is 74.5 Å². The van der Waals surface area contributed by atoms with Gasteiger partial charge in [0.1, 0.15) is 11.6 Å². The van der Waals surface area contributed by atoms with Crippen molar-refractivity contribution in [2.75, 3.05) is 0 Å². The first-order valence-corrected chi connectivity index (χ1v) is 11.8. The molecule has 1 saturated carbocycles. The van der Waals surface area contributed by atoms with Crippen LogP contribution in [-0.2, 0) is 0 Å². The first-order chi connectivity index (χ1) is 16.5. The first-order valence-electron chi connectivity index (χ1n) is 11.8. The maximum atomic E-state index is 14.7. The maximum absolute atomic E-state index is 14.7. The lowest BCUT2D eigenvalue weighted by Gasteiger charge is -2.29. The van der Waals surface area contributed by atoms with Crippen molar-refractivity contribution in [1.82, 2.24) is 0 Å². The van der Waals surface area contributed by atoms with Gasteiger partial charge in [0, 0.05) is 5.56 Å². The fraction of sp³-hybridized carbons (Fsp3) is 0.481. The van der Waals surface area contributed by atoms with Gasteiger partial charge >= 0.3 is 12.3 Å². The Labute approximate surface area is 201 Å². The average Bonchev–Trinajstić information content (AvgIpc) is 2.82. The molecule has 2 aromatic rings. The van der Waals surface area contributed by atoms with E-state index in [2.05, 4.69) is 11.7 Å². The largest absolute Gasteiger partial charge is 0.439 e. The molecule has 0 spiro atoms. The Kier molecular flexibility index (Phi) is 8.89. The molecule has 1 aliphatic carbocycles. The van der Waals surface area contributed by atoms with Crippen molar-refractivity contribution in [3.05, 3.63) is 65.0 Å². The number of benzene rings is 2. The number of halogens is 7. The minimum Gasteiger partial charge on any atom is -0.430 e. The van der Waals surface area contributed by atoms with Gasteiger partial charge in [0.25, 0.3) is 6.17 Å². The Morgan fingerprint density at radius 2 is 1.60 bits per heavy atom. The summed E-state index contributed by atoms with van der Waals surface area (Å²) in [6.07, 6.45) is -4.03. The molecule has 1 unspecified atom stereocenters. The Balaban J connectivity index is 1.59. The summed E-state index contributed by atoms with van der Waals surface area (Å²) < 4.78 is 95.0. The third kappa shape index (κ3) is 7.48. The number of hydrogen-bond acceptors (Lipinski definition) is 1. The molecular weight excluding hydrogens is 473 g/mol. The van der Waals surface area contributed by atoms with Crippen LogP contribution in [-0.4, -0.2) is 18.5 Å². The van der Waals surface area contributed by atoms with Crippen molar-refractivity contribution in [3.8, 4) is 5.75 Å². The molecule has 0 saturated heterocycles. The molecular formula is C27H29F7O. The molecule has 0 heterocycles. The summed E-state index contributed by atoms with van der Waals surface area (Å²) in [6.45, 7) is 2.19. The van der Waals surface area contributed by atoms with Gasteiger partial charge in [-0.15, -0.1) is 0 Å². The highest BCUT2D eigenvalue weighted by atomic mass is 19.4. The van der Waals surface area contributed by atoms with Crippen LogP contribution < -0.4 is 4.74 Å². The van der Waals surface area contributed by atoms with Crippen LogP contribution >= 0.6 is 0 Å². The van der Waals surface area contributed by atoms with E-state index in [-0.39, 0.29) is 5.82 Å². The summed E-state index contributed by atoms with van der Waals surface area (Å²) in [5.74, 6) is 0.128. The van der Waals surface area contributed by atoms with Crippen LogP contribution in [0.15, 0.2) is 42.5 Å². The van der Waals surface area contributed by atoms with Gasteiger partial charge in [0.15, 0.2) is 0 Å². The number of unbranched alkanes of at least 4 members (excludes halogenated alkanes) is 1. The zero-order valence-corrected chi connectivity index (χ0v) is 19.4. The third-order valence-corrected chi connectivity index (χ3v) is 6.48. The highest BCUT2D eigenvalue weighted by Crippen LogP contribution is 2.39. The van der Waals surface area contributed by atoms with Crippen molar-refractivity contribution in [3.63, 3.8) is 0 Å². The van der Waals surface area contributed by atoms with Gasteiger partial charge in [-0.3, -0.25) is 0 Å². The lowest BCUT2D eigenvalue weighted by atomic mass is 9.77. The van der Waals surface area contributed by atoms with E-state index in [0.29, 0.717) is 17.0 Å². The van der Waals surface area contributed by atoms with Crippen molar-refractivity contribution >= 4 is 12.2 Å². The van der Waals surface area contributed by atoms with Crippen molar-refractivity contribution in [2.24, 2.45) is 5.92 Å². The van der Waals surface area contributed by atoms with Crippen LogP contribution in [0, 0.1) is 11.7 Å². The molecule has 0 radical (unpaired) electrons. The van der Waals surface area contributed by atoms with Gasteiger partial charge in [-0.25, -0.2) is 8.78 Å². The van der Waals surface area contributed by atoms with E-state index in [4.69, 9.17) is 0 Å². The Morgan fingerprint density at radius 3 is 2.17 bits per heavy atom. The molecule has 0 aliphatic heterocycles. The second-order valence-electron chi connectivity index (χ2n) is 9.11. The lowest BCUT2D eigenvalue weighted by Crippen LogP contribution is -2.45. The Hall–Kier alpha value is -2.51. The fourth-order valence-corrected chi connectivity index (χ4v) is 4.44. The molecule has 0 bridgehead atoms. The number of alkyl halides is 6. The molecule has 1 fully saturated rings. The van der Waals surface area contributed by atoms with E-state index in [0.717, 1.165) is 36.5 Å². The molecule has 1 atom stereocenters. The van der Waals surface area contributed by atoms with Gasteiger partial charge in [0.05, 0.1) is 0 Å². The molecule has 192 valence electrons. The van der Waals surface area contributed by atoms with E-state index >= 15 is 0 Å². The van der Waals surface area contributed by atoms with E-state index < -0.39 is 24.2 Å². The third-order valence-electron chi connectivity index (χ3n) is 6.48. The molecule has 0 aromatic heterocycles. The summed E-state index contributed by atoms with van der Waals surface area (Å²) >= 11 is 0. The fourth-order valence-electron chi connectivity index (χ4n) is 4.44. The minimum absolute atomic E-state index is 0.350. The second-order valence-corrected chi connectivity index (χ2v) is 9.11. The number of rotatable bonds is 9. The molecule has 0 N–H and O–H groups in total. The van der Waals surface area contributed by atoms with E-state index in [1.807, 2.05) is 6.07 Å². The van der Waals surface area contributed by atoms with Crippen LogP contribution in [0.4, 0.5) is 30.7 Å². The molecule has 1 aliphatic rings. The quantitative estimate of drug-likeness (QED) is 0.245. The summed E-state index contributed by atoms with van der Waals surface area (Å²) in [7, 11) is 0. The molecule has 8 heteroatoms. The van der Waals surface area contributed by atoms with Crippen molar-refractivity contribution in [1.29, 1.82) is 0 Å². The van der Waals surface area contributed by atoms with Crippen LogP contribution in [0.3, 0.4) is 0 Å². The summed E-state index contributed by atoms with van der Waals surface area (Å²) in [5, 5.41) is 0. The summed E-state index contributed by atoms with van der Waals surface area (Å²) in [6, 6.07) is 9.76. The average molecular weight is 503 g/mol. The van der Waals surface area contributed by atoms with Gasteiger partial charge in [-0.1, -0.05) is 62.6 Å². The normalized spacial score (nSPS) is 20.2. The summed E-state index contributed by atoms with van der Waals surface area (Å²) in [4.78, 5) is 0. The molecule has 1 nitrogen and oxygen atoms in total. The zero-order chi connectivity index (χ0) is 25.6. The maximum Gasteiger partial charge on any atom is 0.439 e. The molecule has 0 amide bonds. The van der Waals surface area contributed by atoms with Crippen molar-refractivity contribution < 1.29 is 35.5 Å². The monoisotopic (exact) mass is 502 g/mol. The number of ether oxygens (including phenoxy) is 1. The number of hydrogen-bond donors (Lipinski definition) is 0. The zero-order valence-electron chi connectivity index (χ0n) is 19.4. The highest BCUT2D eigenvalue weighted by molar-refractivity contribution is 5.70. The topological polar surface area (TPSA) is 9.23 Å².